The lowest BCUT2D eigenvalue weighted by Gasteiger charge is -2.34. The quantitative estimate of drug-likeness (QED) is 0.0332. The van der Waals surface area contributed by atoms with Crippen LogP contribution >= 0.6 is 11.8 Å². The van der Waals surface area contributed by atoms with Crippen molar-refractivity contribution in [3.63, 3.8) is 0 Å². The number of aliphatic imine (C=N–C) groups is 1. The third-order valence-corrected chi connectivity index (χ3v) is 11.3. The van der Waals surface area contributed by atoms with Gasteiger partial charge in [0, 0.05) is 25.7 Å². The number of quaternary nitrogens is 1. The molecule has 1 aliphatic rings. The molecule has 0 fully saturated rings. The van der Waals surface area contributed by atoms with E-state index in [0.717, 1.165) is 12.5 Å². The molecule has 3 rings (SSSR count). The third-order valence-electron chi connectivity index (χ3n) is 9.89. The van der Waals surface area contributed by atoms with Crippen LogP contribution in [0.3, 0.4) is 0 Å². The molecule has 0 aromatic heterocycles. The van der Waals surface area contributed by atoms with Gasteiger partial charge in [-0.25, -0.2) is 19.4 Å². The van der Waals surface area contributed by atoms with E-state index in [1.807, 2.05) is 6.26 Å². The van der Waals surface area contributed by atoms with Crippen LogP contribution in [-0.2, 0) is 57.7 Å². The summed E-state index contributed by atoms with van der Waals surface area (Å²) >= 11 is -1.97. The smallest absolute Gasteiger partial charge is 0.348 e. The molecule has 22 heteroatoms. The Morgan fingerprint density at radius 1 is 0.790 bits per heavy atom. The third kappa shape index (κ3) is 14.7. The summed E-state index contributed by atoms with van der Waals surface area (Å²) in [5.74, 6) is -7.03. The van der Waals surface area contributed by atoms with Gasteiger partial charge in [0.15, 0.2) is 0 Å². The van der Waals surface area contributed by atoms with Crippen LogP contribution in [0, 0.1) is 0 Å². The second-order valence-corrected chi connectivity index (χ2v) is 16.4. The number of aliphatic carboxylic acids is 2. The molecule has 2 unspecified atom stereocenters. The molecule has 2 aromatic rings. The highest BCUT2D eigenvalue weighted by Gasteiger charge is 2.50. The summed E-state index contributed by atoms with van der Waals surface area (Å²) in [7, 11) is 0. The van der Waals surface area contributed by atoms with Crippen molar-refractivity contribution >= 4 is 70.8 Å². The van der Waals surface area contributed by atoms with E-state index in [4.69, 9.17) is 28.0 Å². The highest BCUT2D eigenvalue weighted by Crippen LogP contribution is 2.25. The highest BCUT2D eigenvalue weighted by atomic mass is 32.2. The zero-order valence-electron chi connectivity index (χ0n) is 34.2. The summed E-state index contributed by atoms with van der Waals surface area (Å²) < 4.78 is 24.1. The van der Waals surface area contributed by atoms with E-state index >= 15 is 0 Å². The zero-order chi connectivity index (χ0) is 46.0. The fourth-order valence-corrected chi connectivity index (χ4v) is 7.65. The molecule has 1 heterocycles. The SMILES string of the molecule is CSCC[C@H](N)C(=O)[N+]1(C(=O)[C@@H](N)CCC(=O)O)C=NC(C[C@H](N)C(=O)N[C@@H](Cc2ccccc2)C(=O)N[C@H](CCCCN)C(=O)N([C@@H](Cc2ccccc2)C(=O)O)S(=O)[O-])=C1. The number of imide groups is 1. The number of rotatable bonds is 26. The Labute approximate surface area is 365 Å². The van der Waals surface area contributed by atoms with E-state index in [9.17, 15) is 47.4 Å². The predicted octanol–water partition coefficient (Wildman–Crippen LogP) is -0.610. The van der Waals surface area contributed by atoms with Gasteiger partial charge in [0.2, 0.25) is 18.2 Å². The molecule has 5 amide bonds. The van der Waals surface area contributed by atoms with Gasteiger partial charge in [-0.3, -0.25) is 27.7 Å². The van der Waals surface area contributed by atoms with Gasteiger partial charge in [0.05, 0.1) is 17.3 Å². The first-order chi connectivity index (χ1) is 29.4. The fourth-order valence-electron chi connectivity index (χ4n) is 6.51. The molecule has 0 spiro atoms. The number of thioether (sulfide) groups is 1. The molecule has 62 heavy (non-hydrogen) atoms. The summed E-state index contributed by atoms with van der Waals surface area (Å²) in [6.45, 7) is 0.202. The monoisotopic (exact) mass is 901 g/mol. The number of nitrogens with two attached hydrogens (primary N) is 4. The maximum Gasteiger partial charge on any atom is 0.348 e. The Balaban J connectivity index is 1.92. The number of nitrogens with zero attached hydrogens (tertiary/aromatic N) is 3. The second-order valence-electron chi connectivity index (χ2n) is 14.6. The standard InChI is InChI=1S/C40H55N9O11S2/c1-61-19-17-29(43)39(56)49(38(55)28(42)15-16-34(50)51)23-27(45-24-49)22-30(44)35(52)47-32(20-25-10-4-2-5-11-25)36(53)46-31(14-8-9-18-41)37(54)48(62(59)60)33(40(57)58)21-26-12-6-3-7-13-26/h2-7,10-13,23-24,28-33H,8-9,14-22,41-44H2,1H3,(H4-,46,47,50,51,52,53,57,58,59,60)/t28-,29-,30-,31+,32-,33-,49?/m0/s1. The molecular formula is C40H55N9O11S2. The number of carbonyl (C=O) groups excluding carboxylic acids is 5. The van der Waals surface area contributed by atoms with Gasteiger partial charge < -0.3 is 48.3 Å². The number of nitrogens with one attached hydrogen (secondary N) is 2. The normalized spacial score (nSPS) is 17.9. The van der Waals surface area contributed by atoms with Crippen molar-refractivity contribution in [3.05, 3.63) is 83.7 Å². The second kappa shape index (κ2) is 25.0. The Morgan fingerprint density at radius 2 is 1.35 bits per heavy atom. The number of benzene rings is 2. The van der Waals surface area contributed by atoms with Crippen LogP contribution < -0.4 is 33.6 Å². The van der Waals surface area contributed by atoms with Crippen molar-refractivity contribution in [3.8, 4) is 0 Å². The van der Waals surface area contributed by atoms with Gasteiger partial charge in [-0.2, -0.15) is 11.8 Å². The lowest BCUT2D eigenvalue weighted by molar-refractivity contribution is -0.619. The molecule has 0 bridgehead atoms. The number of hydrogen-bond acceptors (Lipinski definition) is 15. The molecule has 0 saturated carbocycles. The van der Waals surface area contributed by atoms with Gasteiger partial charge in [-0.05, 0) is 61.8 Å². The van der Waals surface area contributed by atoms with E-state index in [-0.39, 0.29) is 61.5 Å². The average molecular weight is 902 g/mol. The minimum absolute atomic E-state index is 0.0145. The van der Waals surface area contributed by atoms with Crippen LogP contribution in [-0.4, -0.2) is 130 Å². The lowest BCUT2D eigenvalue weighted by Crippen LogP contribution is -2.61. The van der Waals surface area contributed by atoms with Crippen LogP contribution in [0.25, 0.3) is 0 Å². The number of hydrogen-bond donors (Lipinski definition) is 8. The number of carboxylic acids is 2. The van der Waals surface area contributed by atoms with E-state index in [1.165, 1.54) is 11.8 Å². The summed E-state index contributed by atoms with van der Waals surface area (Å²) in [6.07, 6.45) is 3.02. The van der Waals surface area contributed by atoms with Crippen molar-refractivity contribution < 1.29 is 57.0 Å². The average Bonchev–Trinajstić information content (AvgIpc) is 3.68. The molecule has 12 N–H and O–H groups in total. The van der Waals surface area contributed by atoms with Gasteiger partial charge in [-0.1, -0.05) is 60.7 Å². The fraction of sp³-hybridized carbons (Fsp3) is 0.450. The van der Waals surface area contributed by atoms with Crippen molar-refractivity contribution in [2.45, 2.75) is 94.0 Å². The van der Waals surface area contributed by atoms with Crippen LogP contribution in [0.5, 0.6) is 0 Å². The van der Waals surface area contributed by atoms with Gasteiger partial charge in [0.25, 0.3) is 5.91 Å². The van der Waals surface area contributed by atoms with E-state index < -0.39 is 99.9 Å². The molecule has 0 aliphatic carbocycles. The zero-order valence-corrected chi connectivity index (χ0v) is 35.8. The van der Waals surface area contributed by atoms with Crippen molar-refractivity contribution in [2.24, 2.45) is 27.9 Å². The molecule has 8 atom stereocenters. The van der Waals surface area contributed by atoms with E-state index in [1.54, 1.807) is 60.7 Å². The highest BCUT2D eigenvalue weighted by molar-refractivity contribution is 7.98. The summed E-state index contributed by atoms with van der Waals surface area (Å²) in [5, 5.41) is 24.3. The first-order valence-electron chi connectivity index (χ1n) is 19.7. The molecular weight excluding hydrogens is 847 g/mol. The van der Waals surface area contributed by atoms with Gasteiger partial charge in [-0.15, -0.1) is 4.48 Å². The maximum absolute atomic E-state index is 14.1. The van der Waals surface area contributed by atoms with Gasteiger partial charge in [0.1, 0.15) is 42.1 Å². The summed E-state index contributed by atoms with van der Waals surface area (Å²) in [6, 6.07) is 7.68. The number of carboxylic acid groups (broad SMARTS) is 2. The Kier molecular flexibility index (Phi) is 20.7. The molecule has 0 radical (unpaired) electrons. The molecule has 2 aromatic carbocycles. The van der Waals surface area contributed by atoms with Crippen LogP contribution in [0.2, 0.25) is 0 Å². The van der Waals surface area contributed by atoms with E-state index in [0.29, 0.717) is 23.3 Å². The van der Waals surface area contributed by atoms with Crippen molar-refractivity contribution in [1.82, 2.24) is 14.9 Å². The van der Waals surface area contributed by atoms with Crippen molar-refractivity contribution in [2.75, 3.05) is 18.6 Å². The Bertz CT molecular complexity index is 1980. The van der Waals surface area contributed by atoms with Crippen LogP contribution in [0.15, 0.2) is 77.6 Å². The number of carbonyl (C=O) groups is 7. The Hall–Kier alpha value is -5.20. The lowest BCUT2D eigenvalue weighted by atomic mass is 10.0. The summed E-state index contributed by atoms with van der Waals surface area (Å²) in [4.78, 5) is 97.1. The maximum atomic E-state index is 14.1. The van der Waals surface area contributed by atoms with Crippen molar-refractivity contribution in [1.29, 1.82) is 0 Å². The molecule has 1 aliphatic heterocycles. The van der Waals surface area contributed by atoms with E-state index in [2.05, 4.69) is 15.6 Å². The van der Waals surface area contributed by atoms with Gasteiger partial charge >= 0.3 is 23.8 Å². The molecule has 338 valence electrons. The first-order valence-corrected chi connectivity index (χ1v) is 22.1. The minimum Gasteiger partial charge on any atom is -0.755 e. The molecule has 0 saturated heterocycles. The van der Waals surface area contributed by atoms with Crippen LogP contribution in [0.4, 0.5) is 0 Å². The largest absolute Gasteiger partial charge is 0.755 e. The summed E-state index contributed by atoms with van der Waals surface area (Å²) in [5.41, 5.74) is 25.2. The Morgan fingerprint density at radius 3 is 1.89 bits per heavy atom. The minimum atomic E-state index is -3.39. The predicted molar refractivity (Wildman–Crippen MR) is 230 cm³/mol. The number of amides is 5. The topological polar surface area (TPSA) is 344 Å². The molecule has 20 nitrogen and oxygen atoms in total. The first kappa shape index (κ1) is 51.2. The van der Waals surface area contributed by atoms with Crippen LogP contribution in [0.1, 0.15) is 56.1 Å². The number of unbranched alkanes of at least 4 members (excludes halogenated alkanes) is 1.